The van der Waals surface area contributed by atoms with Crippen molar-refractivity contribution in [1.29, 1.82) is 0 Å². The van der Waals surface area contributed by atoms with Gasteiger partial charge in [0.2, 0.25) is 10.1 Å². The van der Waals surface area contributed by atoms with Gasteiger partial charge in [-0.25, -0.2) is 4.98 Å². The molecule has 2 aromatic rings. The number of hydrogen-bond donors (Lipinski definition) is 1. The predicted octanol–water partition coefficient (Wildman–Crippen LogP) is 1.75. The number of likely N-dealkylation sites (tertiary alicyclic amines) is 1. The Morgan fingerprint density at radius 1 is 1.29 bits per heavy atom. The van der Waals surface area contributed by atoms with Crippen molar-refractivity contribution in [2.24, 2.45) is 0 Å². The summed E-state index contributed by atoms with van der Waals surface area (Å²) in [4.78, 5) is 19.3. The molecule has 3 heterocycles. The predicted molar refractivity (Wildman–Crippen MR) is 85.3 cm³/mol. The molecule has 0 amide bonds. The van der Waals surface area contributed by atoms with Crippen LogP contribution in [0.1, 0.15) is 31.4 Å². The lowest BCUT2D eigenvalue weighted by molar-refractivity contribution is 0.296. The Kier molecular flexibility index (Phi) is 4.50. The maximum atomic E-state index is 11.8. The van der Waals surface area contributed by atoms with Gasteiger partial charge in [0.1, 0.15) is 0 Å². The lowest BCUT2D eigenvalue weighted by Crippen LogP contribution is -2.30. The molecule has 1 N–H and O–H groups in total. The van der Waals surface area contributed by atoms with Gasteiger partial charge in [-0.3, -0.25) is 4.79 Å². The highest BCUT2D eigenvalue weighted by Crippen LogP contribution is 2.16. The van der Waals surface area contributed by atoms with Gasteiger partial charge in [-0.2, -0.15) is 4.52 Å². The summed E-state index contributed by atoms with van der Waals surface area (Å²) in [5.74, 6) is 0. The Morgan fingerprint density at radius 3 is 2.81 bits per heavy atom. The van der Waals surface area contributed by atoms with E-state index in [1.54, 1.807) is 0 Å². The highest BCUT2D eigenvalue weighted by Gasteiger charge is 2.10. The molecule has 1 fully saturated rings. The van der Waals surface area contributed by atoms with E-state index in [1.165, 1.54) is 60.7 Å². The van der Waals surface area contributed by atoms with E-state index in [0.717, 1.165) is 23.9 Å². The van der Waals surface area contributed by atoms with Gasteiger partial charge in [0, 0.05) is 24.8 Å². The molecule has 3 rings (SSSR count). The highest BCUT2D eigenvalue weighted by molar-refractivity contribution is 7.20. The minimum Gasteiger partial charge on any atom is -0.359 e. The first kappa shape index (κ1) is 14.5. The van der Waals surface area contributed by atoms with Crippen LogP contribution in [-0.2, 0) is 0 Å². The van der Waals surface area contributed by atoms with Crippen molar-refractivity contribution in [3.63, 3.8) is 0 Å². The van der Waals surface area contributed by atoms with Crippen LogP contribution >= 0.6 is 11.3 Å². The molecular weight excluding hydrogens is 286 g/mol. The standard InChI is InChI=1S/C14H21N5OS/c1-11-10-12(20)19-14(16-11)21-13(17-19)15-6-9-18-7-4-2-3-5-8-18/h10H,2-9H2,1H3,(H,15,17). The van der Waals surface area contributed by atoms with Gasteiger partial charge in [-0.05, 0) is 32.9 Å². The molecule has 0 aromatic carbocycles. The van der Waals surface area contributed by atoms with Crippen LogP contribution < -0.4 is 10.9 Å². The number of aryl methyl sites for hydroxylation is 1. The first-order valence-electron chi connectivity index (χ1n) is 7.56. The number of rotatable bonds is 4. The van der Waals surface area contributed by atoms with Crippen molar-refractivity contribution in [3.05, 3.63) is 22.1 Å². The number of nitrogens with one attached hydrogen (secondary N) is 1. The van der Waals surface area contributed by atoms with Crippen molar-refractivity contribution < 1.29 is 0 Å². The molecule has 0 spiro atoms. The molecule has 2 aromatic heterocycles. The van der Waals surface area contributed by atoms with Gasteiger partial charge in [0.15, 0.2) is 0 Å². The summed E-state index contributed by atoms with van der Waals surface area (Å²) in [5, 5.41) is 8.36. The summed E-state index contributed by atoms with van der Waals surface area (Å²) < 4.78 is 1.37. The molecule has 0 atom stereocenters. The van der Waals surface area contributed by atoms with Crippen molar-refractivity contribution in [3.8, 4) is 0 Å². The number of nitrogens with zero attached hydrogens (tertiary/aromatic N) is 4. The molecule has 114 valence electrons. The van der Waals surface area contributed by atoms with Crippen molar-refractivity contribution >= 4 is 21.4 Å². The minimum atomic E-state index is -0.116. The van der Waals surface area contributed by atoms with E-state index in [4.69, 9.17) is 0 Å². The van der Waals surface area contributed by atoms with Crippen LogP contribution in [0.2, 0.25) is 0 Å². The topological polar surface area (TPSA) is 62.5 Å². The van der Waals surface area contributed by atoms with E-state index in [-0.39, 0.29) is 5.56 Å². The normalized spacial score (nSPS) is 17.0. The third-order valence-corrected chi connectivity index (χ3v) is 4.64. The lowest BCUT2D eigenvalue weighted by Gasteiger charge is -2.19. The van der Waals surface area contributed by atoms with Gasteiger partial charge in [0.25, 0.3) is 5.56 Å². The highest BCUT2D eigenvalue weighted by atomic mass is 32.1. The maximum Gasteiger partial charge on any atom is 0.275 e. The van der Waals surface area contributed by atoms with Crippen molar-refractivity contribution in [2.45, 2.75) is 32.6 Å². The molecular formula is C14H21N5OS. The van der Waals surface area contributed by atoms with Crippen LogP contribution in [0.15, 0.2) is 10.9 Å². The van der Waals surface area contributed by atoms with Crippen LogP contribution in [0.25, 0.3) is 4.96 Å². The molecule has 1 aliphatic rings. The number of hydrogen-bond acceptors (Lipinski definition) is 6. The lowest BCUT2D eigenvalue weighted by atomic mass is 10.2. The second-order valence-electron chi connectivity index (χ2n) is 5.52. The summed E-state index contributed by atoms with van der Waals surface area (Å²) in [6.45, 7) is 6.10. The average molecular weight is 307 g/mol. The molecule has 6 nitrogen and oxygen atoms in total. The van der Waals surface area contributed by atoms with Crippen LogP contribution in [0.4, 0.5) is 5.13 Å². The Morgan fingerprint density at radius 2 is 2.05 bits per heavy atom. The van der Waals surface area contributed by atoms with Crippen LogP contribution in [0.5, 0.6) is 0 Å². The Bertz CT molecular complexity index is 657. The third kappa shape index (κ3) is 3.59. The number of anilines is 1. The van der Waals surface area contributed by atoms with Crippen molar-refractivity contribution in [2.75, 3.05) is 31.5 Å². The van der Waals surface area contributed by atoms with Gasteiger partial charge in [0.05, 0.1) is 0 Å². The molecule has 1 aliphatic heterocycles. The van der Waals surface area contributed by atoms with E-state index in [2.05, 4.69) is 20.3 Å². The van der Waals surface area contributed by atoms with Crippen molar-refractivity contribution in [1.82, 2.24) is 19.5 Å². The fourth-order valence-corrected chi connectivity index (χ4v) is 3.55. The van der Waals surface area contributed by atoms with Crippen LogP contribution in [-0.4, -0.2) is 45.7 Å². The Balaban J connectivity index is 1.60. The fourth-order valence-electron chi connectivity index (χ4n) is 2.67. The van der Waals surface area contributed by atoms with Gasteiger partial charge in [-0.15, -0.1) is 5.10 Å². The summed E-state index contributed by atoms with van der Waals surface area (Å²) in [6.07, 6.45) is 5.32. The summed E-state index contributed by atoms with van der Waals surface area (Å²) in [7, 11) is 0. The molecule has 1 saturated heterocycles. The maximum absolute atomic E-state index is 11.8. The van der Waals surface area contributed by atoms with E-state index >= 15 is 0 Å². The molecule has 0 saturated carbocycles. The molecule has 0 aliphatic carbocycles. The summed E-state index contributed by atoms with van der Waals surface area (Å²) >= 11 is 1.43. The third-order valence-electron chi connectivity index (χ3n) is 3.78. The molecule has 0 bridgehead atoms. The largest absolute Gasteiger partial charge is 0.359 e. The Labute approximate surface area is 127 Å². The zero-order chi connectivity index (χ0) is 14.7. The van der Waals surface area contributed by atoms with E-state index in [0.29, 0.717) is 4.96 Å². The number of fused-ring (bicyclic) bond motifs is 1. The quantitative estimate of drug-likeness (QED) is 0.932. The van der Waals surface area contributed by atoms with Gasteiger partial charge >= 0.3 is 0 Å². The zero-order valence-corrected chi connectivity index (χ0v) is 13.2. The Hall–Kier alpha value is -1.47. The molecule has 21 heavy (non-hydrogen) atoms. The summed E-state index contributed by atoms with van der Waals surface area (Å²) in [5.41, 5.74) is 0.620. The van der Waals surface area contributed by atoms with E-state index in [9.17, 15) is 4.79 Å². The molecule has 7 heteroatoms. The molecule has 0 radical (unpaired) electrons. The van der Waals surface area contributed by atoms with Gasteiger partial charge in [-0.1, -0.05) is 24.2 Å². The zero-order valence-electron chi connectivity index (χ0n) is 12.3. The monoisotopic (exact) mass is 307 g/mol. The first-order valence-corrected chi connectivity index (χ1v) is 8.38. The first-order chi connectivity index (χ1) is 10.2. The van der Waals surface area contributed by atoms with Crippen LogP contribution in [0.3, 0.4) is 0 Å². The van der Waals surface area contributed by atoms with E-state index < -0.39 is 0 Å². The smallest absolute Gasteiger partial charge is 0.275 e. The SMILES string of the molecule is Cc1cc(=O)n2nc(NCCN3CCCCCC3)sc2n1. The number of aromatic nitrogens is 3. The average Bonchev–Trinajstić information content (AvgIpc) is 2.68. The minimum absolute atomic E-state index is 0.116. The van der Waals surface area contributed by atoms with Gasteiger partial charge < -0.3 is 10.2 Å². The fraction of sp³-hybridized carbons (Fsp3) is 0.643. The van der Waals surface area contributed by atoms with E-state index in [1.807, 2.05) is 6.92 Å². The van der Waals surface area contributed by atoms with Crippen LogP contribution in [0, 0.1) is 6.92 Å². The second-order valence-corrected chi connectivity index (χ2v) is 6.48. The summed E-state index contributed by atoms with van der Waals surface area (Å²) in [6, 6.07) is 1.51. The molecule has 0 unspecified atom stereocenters. The second kappa shape index (κ2) is 6.53.